The van der Waals surface area contributed by atoms with Crippen LogP contribution in [0.25, 0.3) is 11.0 Å². The molecule has 102 valence electrons. The number of hydrogen-bond donors (Lipinski definition) is 2. The zero-order valence-corrected chi connectivity index (χ0v) is 11.7. The average molecular weight is 268 g/mol. The normalized spacial score (nSPS) is 10.8. The number of aromatic nitrogens is 4. The molecule has 20 heavy (non-hydrogen) atoms. The molecule has 6 nitrogen and oxygen atoms in total. The zero-order chi connectivity index (χ0) is 14.1. The van der Waals surface area contributed by atoms with Gasteiger partial charge in [-0.05, 0) is 18.6 Å². The summed E-state index contributed by atoms with van der Waals surface area (Å²) in [4.78, 5) is 8.90. The van der Waals surface area contributed by atoms with Crippen LogP contribution in [0.15, 0.2) is 30.5 Å². The molecule has 1 aromatic carbocycles. The number of para-hydroxylation sites is 1. The molecular weight excluding hydrogens is 252 g/mol. The van der Waals surface area contributed by atoms with E-state index in [2.05, 4.69) is 38.7 Å². The molecule has 0 saturated carbocycles. The number of rotatable bonds is 3. The summed E-state index contributed by atoms with van der Waals surface area (Å²) in [6, 6.07) is 8.09. The maximum absolute atomic E-state index is 4.48. The molecule has 0 aliphatic rings. The molecule has 2 N–H and O–H groups in total. The highest BCUT2D eigenvalue weighted by molar-refractivity contribution is 5.89. The second-order valence-corrected chi connectivity index (χ2v) is 4.59. The number of anilines is 3. The van der Waals surface area contributed by atoms with Gasteiger partial charge in [-0.1, -0.05) is 18.2 Å². The van der Waals surface area contributed by atoms with Crippen LogP contribution in [0.3, 0.4) is 0 Å². The van der Waals surface area contributed by atoms with Crippen molar-refractivity contribution in [2.75, 3.05) is 17.7 Å². The third-order valence-corrected chi connectivity index (χ3v) is 3.21. The minimum absolute atomic E-state index is 0.567. The van der Waals surface area contributed by atoms with Crippen molar-refractivity contribution in [2.24, 2.45) is 7.05 Å². The van der Waals surface area contributed by atoms with E-state index in [4.69, 9.17) is 0 Å². The lowest BCUT2D eigenvalue weighted by molar-refractivity contribution is 0.786. The Labute approximate surface area is 116 Å². The molecule has 6 heteroatoms. The van der Waals surface area contributed by atoms with Crippen LogP contribution in [0.1, 0.15) is 5.56 Å². The molecule has 0 bridgehead atoms. The maximum atomic E-state index is 4.48. The summed E-state index contributed by atoms with van der Waals surface area (Å²) in [5.41, 5.74) is 2.98. The predicted molar refractivity (Wildman–Crippen MR) is 80.3 cm³/mol. The van der Waals surface area contributed by atoms with Crippen molar-refractivity contribution < 1.29 is 0 Å². The predicted octanol–water partition coefficient (Wildman–Crippen LogP) is 2.46. The summed E-state index contributed by atoms with van der Waals surface area (Å²) in [5, 5.41) is 11.5. The van der Waals surface area contributed by atoms with Gasteiger partial charge in [0.05, 0.1) is 11.6 Å². The van der Waals surface area contributed by atoms with Gasteiger partial charge in [0.2, 0.25) is 5.95 Å². The Bertz CT molecular complexity index is 761. The lowest BCUT2D eigenvalue weighted by atomic mass is 10.2. The van der Waals surface area contributed by atoms with E-state index in [-0.39, 0.29) is 0 Å². The SMILES string of the molecule is CNc1nc(Nc2ccccc2C)c2cnn(C)c2n1. The van der Waals surface area contributed by atoms with E-state index in [0.29, 0.717) is 5.95 Å². The van der Waals surface area contributed by atoms with Gasteiger partial charge in [-0.3, -0.25) is 4.68 Å². The van der Waals surface area contributed by atoms with Gasteiger partial charge in [-0.2, -0.15) is 15.1 Å². The highest BCUT2D eigenvalue weighted by Gasteiger charge is 2.11. The second-order valence-electron chi connectivity index (χ2n) is 4.59. The number of benzene rings is 1. The first-order valence-electron chi connectivity index (χ1n) is 6.39. The molecule has 0 radical (unpaired) electrons. The molecule has 0 unspecified atom stereocenters. The Kier molecular flexibility index (Phi) is 2.98. The number of fused-ring (bicyclic) bond motifs is 1. The lowest BCUT2D eigenvalue weighted by Crippen LogP contribution is -2.03. The Hall–Kier alpha value is -2.63. The van der Waals surface area contributed by atoms with E-state index < -0.39 is 0 Å². The Morgan fingerprint density at radius 2 is 1.95 bits per heavy atom. The van der Waals surface area contributed by atoms with Crippen molar-refractivity contribution in [2.45, 2.75) is 6.92 Å². The molecule has 3 rings (SSSR count). The van der Waals surface area contributed by atoms with Crippen LogP contribution in [0.4, 0.5) is 17.5 Å². The van der Waals surface area contributed by atoms with Crippen LogP contribution in [0.2, 0.25) is 0 Å². The summed E-state index contributed by atoms with van der Waals surface area (Å²) in [6.07, 6.45) is 1.77. The van der Waals surface area contributed by atoms with Gasteiger partial charge < -0.3 is 10.6 Å². The number of nitrogens with zero attached hydrogens (tertiary/aromatic N) is 4. The quantitative estimate of drug-likeness (QED) is 0.763. The van der Waals surface area contributed by atoms with Crippen LogP contribution in [-0.2, 0) is 7.05 Å². The monoisotopic (exact) mass is 268 g/mol. The Morgan fingerprint density at radius 3 is 2.70 bits per heavy atom. The first kappa shape index (κ1) is 12.4. The summed E-state index contributed by atoms with van der Waals surface area (Å²) in [6.45, 7) is 2.06. The second kappa shape index (κ2) is 4.80. The molecule has 0 atom stereocenters. The number of nitrogens with one attached hydrogen (secondary N) is 2. The van der Waals surface area contributed by atoms with Crippen molar-refractivity contribution in [1.29, 1.82) is 0 Å². The van der Waals surface area contributed by atoms with Crippen LogP contribution in [-0.4, -0.2) is 26.8 Å². The molecule has 2 heterocycles. The summed E-state index contributed by atoms with van der Waals surface area (Å²) in [5.74, 6) is 1.32. The van der Waals surface area contributed by atoms with E-state index in [1.165, 1.54) is 0 Å². The highest BCUT2D eigenvalue weighted by atomic mass is 15.3. The van der Waals surface area contributed by atoms with Gasteiger partial charge in [-0.15, -0.1) is 0 Å². The maximum Gasteiger partial charge on any atom is 0.226 e. The van der Waals surface area contributed by atoms with E-state index in [0.717, 1.165) is 28.1 Å². The minimum Gasteiger partial charge on any atom is -0.357 e. The summed E-state index contributed by atoms with van der Waals surface area (Å²) >= 11 is 0. The molecule has 0 aliphatic heterocycles. The molecule has 2 aromatic heterocycles. The van der Waals surface area contributed by atoms with Crippen molar-refractivity contribution in [3.63, 3.8) is 0 Å². The Balaban J connectivity index is 2.13. The summed E-state index contributed by atoms with van der Waals surface area (Å²) < 4.78 is 1.74. The summed E-state index contributed by atoms with van der Waals surface area (Å²) in [7, 11) is 3.67. The van der Waals surface area contributed by atoms with Crippen LogP contribution < -0.4 is 10.6 Å². The third-order valence-electron chi connectivity index (χ3n) is 3.21. The van der Waals surface area contributed by atoms with Gasteiger partial charge in [0.15, 0.2) is 5.65 Å². The van der Waals surface area contributed by atoms with Crippen molar-refractivity contribution in [3.05, 3.63) is 36.0 Å². The van der Waals surface area contributed by atoms with Gasteiger partial charge >= 0.3 is 0 Å². The fourth-order valence-electron chi connectivity index (χ4n) is 2.07. The van der Waals surface area contributed by atoms with E-state index in [1.807, 2.05) is 25.2 Å². The van der Waals surface area contributed by atoms with Crippen molar-refractivity contribution in [1.82, 2.24) is 19.7 Å². The smallest absolute Gasteiger partial charge is 0.226 e. The van der Waals surface area contributed by atoms with Crippen LogP contribution >= 0.6 is 0 Å². The lowest BCUT2D eigenvalue weighted by Gasteiger charge is -2.10. The van der Waals surface area contributed by atoms with Crippen molar-refractivity contribution >= 4 is 28.5 Å². The van der Waals surface area contributed by atoms with Gasteiger partial charge in [-0.25, -0.2) is 0 Å². The van der Waals surface area contributed by atoms with E-state index in [9.17, 15) is 0 Å². The standard InChI is InChI=1S/C14H16N6/c1-9-6-4-5-7-11(9)17-12-10-8-16-20(3)13(10)19-14(15-2)18-12/h4-8H,1-3H3,(H2,15,17,18,19). The third kappa shape index (κ3) is 2.05. The molecule has 0 aliphatic carbocycles. The minimum atomic E-state index is 0.567. The number of aryl methyl sites for hydroxylation is 2. The van der Waals surface area contributed by atoms with E-state index in [1.54, 1.807) is 17.9 Å². The first-order valence-corrected chi connectivity index (χ1v) is 6.39. The molecule has 0 fully saturated rings. The number of hydrogen-bond acceptors (Lipinski definition) is 5. The average Bonchev–Trinajstić information content (AvgIpc) is 2.83. The molecular formula is C14H16N6. The highest BCUT2D eigenvalue weighted by Crippen LogP contribution is 2.26. The van der Waals surface area contributed by atoms with Gasteiger partial charge in [0.25, 0.3) is 0 Å². The fourth-order valence-corrected chi connectivity index (χ4v) is 2.07. The zero-order valence-electron chi connectivity index (χ0n) is 11.7. The molecule has 0 amide bonds. The molecule has 0 saturated heterocycles. The fraction of sp³-hybridized carbons (Fsp3) is 0.214. The first-order chi connectivity index (χ1) is 9.69. The van der Waals surface area contributed by atoms with Gasteiger partial charge in [0.1, 0.15) is 5.82 Å². The van der Waals surface area contributed by atoms with Crippen LogP contribution in [0.5, 0.6) is 0 Å². The Morgan fingerprint density at radius 1 is 1.15 bits per heavy atom. The molecule has 3 aromatic rings. The van der Waals surface area contributed by atoms with Gasteiger partial charge in [0, 0.05) is 19.8 Å². The van der Waals surface area contributed by atoms with Crippen LogP contribution in [0, 0.1) is 6.92 Å². The molecule has 0 spiro atoms. The topological polar surface area (TPSA) is 67.7 Å². The van der Waals surface area contributed by atoms with E-state index >= 15 is 0 Å². The van der Waals surface area contributed by atoms with Crippen molar-refractivity contribution in [3.8, 4) is 0 Å². The largest absolute Gasteiger partial charge is 0.357 e.